The van der Waals surface area contributed by atoms with Gasteiger partial charge in [0.2, 0.25) is 0 Å². The summed E-state index contributed by atoms with van der Waals surface area (Å²) in [6.07, 6.45) is 5.15. The number of H-pyrrole nitrogens is 1. The fourth-order valence-electron chi connectivity index (χ4n) is 1.52. The summed E-state index contributed by atoms with van der Waals surface area (Å²) in [5.41, 5.74) is 1.43. The minimum atomic E-state index is -1.08. The Bertz CT molecular complexity index is 748. The SMILES string of the molecule is O=C(O)/C=C/c1cncc(C(=O)NCc2csc(=O)[nH]2)c1. The van der Waals surface area contributed by atoms with Crippen LogP contribution >= 0.6 is 11.3 Å². The molecule has 0 unspecified atom stereocenters. The molecule has 0 radical (unpaired) electrons. The number of hydrogen-bond donors (Lipinski definition) is 3. The van der Waals surface area contributed by atoms with Gasteiger partial charge in [-0.1, -0.05) is 11.3 Å². The fourth-order valence-corrected chi connectivity index (χ4v) is 2.10. The molecule has 0 bridgehead atoms. The smallest absolute Gasteiger partial charge is 0.328 e. The molecular formula is C13H11N3O4S. The largest absolute Gasteiger partial charge is 0.478 e. The van der Waals surface area contributed by atoms with Crippen molar-refractivity contribution < 1.29 is 14.7 Å². The van der Waals surface area contributed by atoms with Crippen LogP contribution in [0.1, 0.15) is 21.6 Å². The highest BCUT2D eigenvalue weighted by Gasteiger charge is 2.07. The summed E-state index contributed by atoms with van der Waals surface area (Å²) in [5.74, 6) is -1.44. The molecule has 8 heteroatoms. The normalized spacial score (nSPS) is 10.7. The van der Waals surface area contributed by atoms with Crippen LogP contribution in [0, 0.1) is 0 Å². The Morgan fingerprint density at radius 3 is 2.90 bits per heavy atom. The van der Waals surface area contributed by atoms with Gasteiger partial charge >= 0.3 is 10.8 Å². The van der Waals surface area contributed by atoms with Crippen LogP contribution < -0.4 is 10.2 Å². The van der Waals surface area contributed by atoms with E-state index < -0.39 is 5.97 Å². The average Bonchev–Trinajstić information content (AvgIpc) is 2.88. The molecule has 1 amide bonds. The van der Waals surface area contributed by atoms with Gasteiger partial charge in [0, 0.05) is 29.5 Å². The van der Waals surface area contributed by atoms with Crippen molar-refractivity contribution in [2.24, 2.45) is 0 Å². The van der Waals surface area contributed by atoms with Crippen molar-refractivity contribution >= 4 is 29.3 Å². The lowest BCUT2D eigenvalue weighted by Gasteiger charge is -2.04. The Balaban J connectivity index is 2.03. The molecule has 2 aromatic rings. The maximum atomic E-state index is 11.9. The highest BCUT2D eigenvalue weighted by atomic mass is 32.1. The lowest BCUT2D eigenvalue weighted by Crippen LogP contribution is -2.23. The number of thiazole rings is 1. The zero-order valence-electron chi connectivity index (χ0n) is 10.7. The first-order valence-corrected chi connectivity index (χ1v) is 6.73. The van der Waals surface area contributed by atoms with Crippen LogP contribution in [0.5, 0.6) is 0 Å². The quantitative estimate of drug-likeness (QED) is 0.709. The number of carboxylic acids is 1. The zero-order valence-corrected chi connectivity index (χ0v) is 11.5. The standard InChI is InChI=1S/C13H11N3O4S/c17-11(18)2-1-8-3-9(5-14-4-8)12(19)15-6-10-7-21-13(20)16-10/h1-5,7H,6H2,(H,15,19)(H,16,20)(H,17,18)/b2-1+. The van der Waals surface area contributed by atoms with Gasteiger partial charge in [-0.25, -0.2) is 4.79 Å². The predicted octanol–water partition coefficient (Wildman–Crippen LogP) is 0.859. The molecule has 0 spiro atoms. The number of carboxylic acid groups (broad SMARTS) is 1. The predicted molar refractivity (Wildman–Crippen MR) is 77.0 cm³/mol. The molecule has 0 aromatic carbocycles. The van der Waals surface area contributed by atoms with Crippen LogP contribution in [0.25, 0.3) is 6.08 Å². The number of aromatic amines is 1. The molecule has 2 rings (SSSR count). The van der Waals surface area contributed by atoms with Crippen molar-refractivity contribution in [2.75, 3.05) is 0 Å². The number of amides is 1. The maximum Gasteiger partial charge on any atom is 0.328 e. The number of hydrogen-bond acceptors (Lipinski definition) is 5. The highest BCUT2D eigenvalue weighted by Crippen LogP contribution is 2.05. The van der Waals surface area contributed by atoms with E-state index in [9.17, 15) is 14.4 Å². The third kappa shape index (κ3) is 4.39. The molecule has 0 aliphatic carbocycles. The maximum absolute atomic E-state index is 11.9. The summed E-state index contributed by atoms with van der Waals surface area (Å²) < 4.78 is 0. The Kier molecular flexibility index (Phi) is 4.62. The molecule has 0 aliphatic heterocycles. The second-order valence-electron chi connectivity index (χ2n) is 4.03. The molecule has 2 aromatic heterocycles. The number of carbonyl (C=O) groups is 2. The summed E-state index contributed by atoms with van der Waals surface area (Å²) in [6.45, 7) is 0.201. The van der Waals surface area contributed by atoms with Crippen LogP contribution in [-0.2, 0) is 11.3 Å². The minimum Gasteiger partial charge on any atom is -0.478 e. The van der Waals surface area contributed by atoms with Gasteiger partial charge < -0.3 is 15.4 Å². The van der Waals surface area contributed by atoms with Crippen molar-refractivity contribution in [1.29, 1.82) is 0 Å². The van der Waals surface area contributed by atoms with Crippen molar-refractivity contribution in [3.63, 3.8) is 0 Å². The van der Waals surface area contributed by atoms with E-state index in [2.05, 4.69) is 15.3 Å². The summed E-state index contributed by atoms with van der Waals surface area (Å²) in [6, 6.07) is 1.53. The van der Waals surface area contributed by atoms with E-state index in [1.807, 2.05) is 0 Å². The number of nitrogens with one attached hydrogen (secondary N) is 2. The first-order valence-electron chi connectivity index (χ1n) is 5.85. The van der Waals surface area contributed by atoms with Crippen LogP contribution in [0.15, 0.2) is 34.7 Å². The van der Waals surface area contributed by atoms with Gasteiger partial charge in [-0.15, -0.1) is 0 Å². The molecule has 2 heterocycles. The van der Waals surface area contributed by atoms with Gasteiger partial charge in [-0.2, -0.15) is 0 Å². The topological polar surface area (TPSA) is 112 Å². The van der Waals surface area contributed by atoms with Crippen molar-refractivity contribution in [1.82, 2.24) is 15.3 Å². The molecule has 0 saturated heterocycles. The van der Waals surface area contributed by atoms with Gasteiger partial charge in [0.15, 0.2) is 0 Å². The molecular weight excluding hydrogens is 294 g/mol. The summed E-state index contributed by atoms with van der Waals surface area (Å²) >= 11 is 1.02. The van der Waals surface area contributed by atoms with Gasteiger partial charge in [0.1, 0.15) is 0 Å². The number of nitrogens with zero attached hydrogens (tertiary/aromatic N) is 1. The van der Waals surface area contributed by atoms with Crippen LogP contribution in [0.4, 0.5) is 0 Å². The van der Waals surface area contributed by atoms with Crippen molar-refractivity contribution in [3.8, 4) is 0 Å². The van der Waals surface area contributed by atoms with E-state index >= 15 is 0 Å². The number of rotatable bonds is 5. The average molecular weight is 305 g/mol. The first-order chi connectivity index (χ1) is 10.0. The second kappa shape index (κ2) is 6.62. The van der Waals surface area contributed by atoms with Gasteiger partial charge in [0.25, 0.3) is 5.91 Å². The van der Waals surface area contributed by atoms with E-state index in [1.54, 1.807) is 5.38 Å². The number of pyridine rings is 1. The van der Waals surface area contributed by atoms with Crippen LogP contribution in [0.2, 0.25) is 0 Å². The zero-order chi connectivity index (χ0) is 15.2. The number of aromatic nitrogens is 2. The molecule has 0 atom stereocenters. The molecule has 108 valence electrons. The fraction of sp³-hybridized carbons (Fsp3) is 0.0769. The van der Waals surface area contributed by atoms with E-state index in [0.717, 1.165) is 17.4 Å². The summed E-state index contributed by atoms with van der Waals surface area (Å²) in [5, 5.41) is 12.8. The van der Waals surface area contributed by atoms with E-state index in [-0.39, 0.29) is 17.3 Å². The molecule has 21 heavy (non-hydrogen) atoms. The molecule has 3 N–H and O–H groups in total. The third-order valence-corrected chi connectivity index (χ3v) is 3.17. The lowest BCUT2D eigenvalue weighted by atomic mass is 10.2. The summed E-state index contributed by atoms with van der Waals surface area (Å²) in [4.78, 5) is 39.6. The number of aliphatic carboxylic acids is 1. The molecule has 7 nitrogen and oxygen atoms in total. The Labute approximate surface area is 123 Å². The van der Waals surface area contributed by atoms with Gasteiger partial charge in [-0.05, 0) is 17.7 Å². The minimum absolute atomic E-state index is 0.179. The summed E-state index contributed by atoms with van der Waals surface area (Å²) in [7, 11) is 0. The number of carbonyl (C=O) groups excluding carboxylic acids is 1. The first kappa shape index (κ1) is 14.7. The third-order valence-electron chi connectivity index (χ3n) is 2.45. The molecule has 0 fully saturated rings. The lowest BCUT2D eigenvalue weighted by molar-refractivity contribution is -0.131. The van der Waals surface area contributed by atoms with Crippen LogP contribution in [-0.4, -0.2) is 27.0 Å². The Hall–Kier alpha value is -2.74. The molecule has 0 aliphatic rings. The van der Waals surface area contributed by atoms with E-state index in [4.69, 9.17) is 5.11 Å². The van der Waals surface area contributed by atoms with E-state index in [1.165, 1.54) is 24.5 Å². The highest BCUT2D eigenvalue weighted by molar-refractivity contribution is 7.07. The van der Waals surface area contributed by atoms with Crippen molar-refractivity contribution in [2.45, 2.75) is 6.54 Å². The van der Waals surface area contributed by atoms with E-state index in [0.29, 0.717) is 16.8 Å². The van der Waals surface area contributed by atoms with Gasteiger partial charge in [-0.3, -0.25) is 14.6 Å². The second-order valence-corrected chi connectivity index (χ2v) is 4.88. The van der Waals surface area contributed by atoms with Gasteiger partial charge in [0.05, 0.1) is 12.1 Å². The van der Waals surface area contributed by atoms with Crippen molar-refractivity contribution in [3.05, 3.63) is 56.4 Å². The van der Waals surface area contributed by atoms with Crippen LogP contribution in [0.3, 0.4) is 0 Å². The molecule has 0 saturated carbocycles. The Morgan fingerprint density at radius 1 is 1.43 bits per heavy atom. The Morgan fingerprint density at radius 2 is 2.24 bits per heavy atom. The monoisotopic (exact) mass is 305 g/mol.